The monoisotopic (exact) mass is 139 g/mol. The lowest BCUT2D eigenvalue weighted by Gasteiger charge is -2.31. The van der Waals surface area contributed by atoms with Crippen molar-refractivity contribution in [3.8, 4) is 0 Å². The van der Waals surface area contributed by atoms with E-state index in [4.69, 9.17) is 0 Å². The van der Waals surface area contributed by atoms with Crippen molar-refractivity contribution in [3.05, 3.63) is 0 Å². The van der Waals surface area contributed by atoms with Crippen LogP contribution in [0.25, 0.3) is 0 Å². The minimum Gasteiger partial charge on any atom is -1.00 e. The van der Waals surface area contributed by atoms with Gasteiger partial charge in [0.25, 0.3) is 0 Å². The van der Waals surface area contributed by atoms with Crippen LogP contribution in [0.1, 0.15) is 26.7 Å². The molecule has 0 amide bonds. The second kappa shape index (κ2) is 4.02. The Morgan fingerprint density at radius 1 is 1.00 bits per heavy atom. The quantitative estimate of drug-likeness (QED) is 0.399. The molecule has 0 atom stereocenters. The molecular weight excluding hydrogens is 121 g/mol. The molecule has 1 fully saturated rings. The fourth-order valence-corrected chi connectivity index (χ4v) is 1.86. The first-order valence-electron chi connectivity index (χ1n) is 4.18. The molecule has 10 heavy (non-hydrogen) atoms. The van der Waals surface area contributed by atoms with Crippen LogP contribution >= 0.6 is 0 Å². The van der Waals surface area contributed by atoms with Gasteiger partial charge >= 0.3 is 0 Å². The smallest absolute Gasteiger partial charge is 0.0788 e. The Hall–Kier alpha value is 0.0249. The normalized spacial score (nSPS) is 22.2. The van der Waals surface area contributed by atoms with Crippen molar-refractivity contribution in [2.24, 2.45) is 0 Å². The molecule has 0 aromatic carbocycles. The zero-order valence-corrected chi connectivity index (χ0v) is 7.27. The van der Waals surface area contributed by atoms with E-state index in [0.717, 1.165) is 0 Å². The summed E-state index contributed by atoms with van der Waals surface area (Å²) in [5.41, 5.74) is 0. The maximum absolute atomic E-state index is 2.31. The van der Waals surface area contributed by atoms with Crippen molar-refractivity contribution in [3.63, 3.8) is 0 Å². The highest BCUT2D eigenvalue weighted by atomic mass is 15.4. The van der Waals surface area contributed by atoms with Crippen LogP contribution in [-0.4, -0.2) is 39.1 Å². The fraction of sp³-hybridized carbons (Fsp3) is 1.00. The average Bonchev–Trinajstić information content (AvgIpc) is 2.36. The van der Waals surface area contributed by atoms with Gasteiger partial charge in [-0.1, -0.05) is 0 Å². The van der Waals surface area contributed by atoms with Crippen LogP contribution in [0.4, 0.5) is 0 Å². The molecule has 1 nitrogen and oxygen atoms in total. The second-order valence-corrected chi connectivity index (χ2v) is 3.13. The highest BCUT2D eigenvalue weighted by Gasteiger charge is 2.27. The van der Waals surface area contributed by atoms with Gasteiger partial charge in [0, 0.05) is 12.8 Å². The molecule has 0 aromatic rings. The summed E-state index contributed by atoms with van der Waals surface area (Å²) in [6, 6.07) is 0. The van der Waals surface area contributed by atoms with E-state index in [0.29, 0.717) is 0 Å². The van der Waals surface area contributed by atoms with Gasteiger partial charge in [0.05, 0.1) is 26.2 Å². The largest absolute Gasteiger partial charge is 1.00 e. The molecule has 0 saturated carbocycles. The summed E-state index contributed by atoms with van der Waals surface area (Å²) in [6.45, 7) is 10.2. The van der Waals surface area contributed by atoms with Gasteiger partial charge in [-0.3, -0.25) is 0 Å². The fourth-order valence-electron chi connectivity index (χ4n) is 1.86. The van der Waals surface area contributed by atoms with Gasteiger partial charge in [0.2, 0.25) is 0 Å². The summed E-state index contributed by atoms with van der Waals surface area (Å²) >= 11 is 0. The van der Waals surface area contributed by atoms with Crippen molar-refractivity contribution in [2.45, 2.75) is 26.7 Å². The summed E-state index contributed by atoms with van der Waals surface area (Å²) in [5, 5.41) is 0. The topological polar surface area (TPSA) is 0 Å². The lowest BCUT2D eigenvalue weighted by Crippen LogP contribution is -2.44. The molecule has 1 aliphatic rings. The number of hydrogen-bond acceptors (Lipinski definition) is 0. The number of hydrogen-bond donors (Lipinski definition) is 0. The van der Waals surface area contributed by atoms with Crippen LogP contribution < -0.4 is 0 Å². The van der Waals surface area contributed by atoms with Crippen molar-refractivity contribution in [2.75, 3.05) is 26.2 Å². The minimum atomic E-state index is 0. The first-order chi connectivity index (χ1) is 4.33. The Balaban J connectivity index is 0.000000810. The Kier molecular flexibility index (Phi) is 4.03. The number of likely N-dealkylation sites (tertiary alicyclic amines) is 1. The van der Waals surface area contributed by atoms with Gasteiger partial charge in [-0.05, 0) is 13.8 Å². The molecule has 0 spiro atoms. The van der Waals surface area contributed by atoms with Gasteiger partial charge in [-0.2, -0.15) is 0 Å². The van der Waals surface area contributed by atoms with E-state index in [-0.39, 0.29) is 8.41 Å². The maximum Gasteiger partial charge on any atom is 0.0788 e. The highest BCUT2D eigenvalue weighted by molar-refractivity contribution is 5.75. The van der Waals surface area contributed by atoms with Crippen molar-refractivity contribution >= 4 is 8.41 Å². The predicted molar refractivity (Wildman–Crippen MR) is 46.1 cm³/mol. The van der Waals surface area contributed by atoms with Gasteiger partial charge in [0.15, 0.2) is 0 Å². The molecule has 0 aromatic heterocycles. The average molecular weight is 139 g/mol. The molecule has 4 radical (unpaired) electrons. The summed E-state index contributed by atoms with van der Waals surface area (Å²) in [5.74, 6) is 0. The van der Waals surface area contributed by atoms with E-state index in [1.807, 2.05) is 0 Å². The minimum absolute atomic E-state index is 0. The van der Waals surface area contributed by atoms with Crippen molar-refractivity contribution in [1.29, 1.82) is 0 Å². The standard InChI is InChI=1S/C8H18N.B/c1-3-9(4-2)7-5-6-8-9;/h3-8H2,1-2H3;/q+1;-1. The van der Waals surface area contributed by atoms with E-state index < -0.39 is 0 Å². The molecule has 0 unspecified atom stereocenters. The Morgan fingerprint density at radius 2 is 1.40 bits per heavy atom. The Morgan fingerprint density at radius 3 is 1.60 bits per heavy atom. The van der Waals surface area contributed by atoms with Crippen LogP contribution in [0.15, 0.2) is 0 Å². The summed E-state index contributed by atoms with van der Waals surface area (Å²) in [6.07, 6.45) is 2.92. The number of quaternary nitrogens is 1. The molecule has 1 saturated heterocycles. The van der Waals surface area contributed by atoms with E-state index in [1.165, 1.54) is 43.5 Å². The lowest BCUT2D eigenvalue weighted by atomic mass is 10.4. The van der Waals surface area contributed by atoms with E-state index in [2.05, 4.69) is 13.8 Å². The molecule has 1 heterocycles. The van der Waals surface area contributed by atoms with Crippen molar-refractivity contribution < 1.29 is 4.48 Å². The predicted octanol–water partition coefficient (Wildman–Crippen LogP) is 1.26. The van der Waals surface area contributed by atoms with Gasteiger partial charge in [-0.25, -0.2) is 0 Å². The molecule has 2 heteroatoms. The van der Waals surface area contributed by atoms with Crippen LogP contribution in [-0.2, 0) is 0 Å². The van der Waals surface area contributed by atoms with E-state index in [9.17, 15) is 0 Å². The second-order valence-electron chi connectivity index (χ2n) is 3.13. The Labute approximate surface area is 66.6 Å². The number of nitrogens with zero attached hydrogens (tertiary/aromatic N) is 1. The van der Waals surface area contributed by atoms with E-state index >= 15 is 0 Å². The van der Waals surface area contributed by atoms with Crippen LogP contribution in [0.5, 0.6) is 0 Å². The molecule has 1 aliphatic heterocycles. The zero-order chi connectivity index (χ0) is 6.74. The van der Waals surface area contributed by atoms with Gasteiger partial charge in [-0.15, -0.1) is 0 Å². The molecule has 1 rings (SSSR count). The molecule has 0 aliphatic carbocycles. The molecule has 0 N–H and O–H groups in total. The van der Waals surface area contributed by atoms with Gasteiger partial charge in [0.1, 0.15) is 0 Å². The third kappa shape index (κ3) is 1.75. The highest BCUT2D eigenvalue weighted by Crippen LogP contribution is 2.17. The molecule has 0 bridgehead atoms. The summed E-state index contributed by atoms with van der Waals surface area (Å²) in [4.78, 5) is 0. The van der Waals surface area contributed by atoms with Crippen LogP contribution in [0, 0.1) is 0 Å². The third-order valence-corrected chi connectivity index (χ3v) is 2.86. The summed E-state index contributed by atoms with van der Waals surface area (Å²) < 4.78 is 1.39. The maximum atomic E-state index is 2.31. The summed E-state index contributed by atoms with van der Waals surface area (Å²) in [7, 11) is 0. The van der Waals surface area contributed by atoms with Crippen LogP contribution in [0.3, 0.4) is 0 Å². The molecular formula is C8H18BN. The van der Waals surface area contributed by atoms with Gasteiger partial charge < -0.3 is 12.9 Å². The first-order valence-corrected chi connectivity index (χ1v) is 4.18. The third-order valence-electron chi connectivity index (χ3n) is 2.86. The SMILES string of the molecule is CC[N+]1(CC)CCCC1.[B-]. The lowest BCUT2D eigenvalue weighted by molar-refractivity contribution is -0.913. The van der Waals surface area contributed by atoms with Crippen molar-refractivity contribution in [1.82, 2.24) is 0 Å². The van der Waals surface area contributed by atoms with Crippen LogP contribution in [0.2, 0.25) is 0 Å². The van der Waals surface area contributed by atoms with E-state index in [1.54, 1.807) is 0 Å². The molecule has 58 valence electrons. The Bertz CT molecular complexity index is 81.3. The zero-order valence-electron chi connectivity index (χ0n) is 7.27. The first kappa shape index (κ1) is 10.0. The number of rotatable bonds is 2.